The molecule has 0 saturated heterocycles. The van der Waals surface area contributed by atoms with Gasteiger partial charge in [0.1, 0.15) is 6.10 Å². The summed E-state index contributed by atoms with van der Waals surface area (Å²) in [5.74, 6) is -0.974. The Morgan fingerprint density at radius 1 is 1.29 bits per heavy atom. The monoisotopic (exact) mass is 239 g/mol. The van der Waals surface area contributed by atoms with E-state index in [2.05, 4.69) is 0 Å². The number of rotatable bonds is 6. The lowest BCUT2D eigenvalue weighted by molar-refractivity contribution is -0.136. The standard InChI is InChI=1S/C12H17NO4/c13-6-5-10(14)12(17)9-4-2-1-3-8(9)7-11(15)16/h1-4,10,12,14,17H,5-7,13H2,(H,15,16). The van der Waals surface area contributed by atoms with E-state index in [1.165, 1.54) is 0 Å². The second-order valence-corrected chi connectivity index (χ2v) is 3.86. The number of nitrogens with two attached hydrogens (primary N) is 1. The first-order chi connectivity index (χ1) is 8.06. The molecule has 0 spiro atoms. The third kappa shape index (κ3) is 3.81. The van der Waals surface area contributed by atoms with Gasteiger partial charge in [-0.1, -0.05) is 24.3 Å². The summed E-state index contributed by atoms with van der Waals surface area (Å²) in [6.07, 6.45) is -1.99. The van der Waals surface area contributed by atoms with Crippen LogP contribution in [0, 0.1) is 0 Å². The molecule has 1 aromatic carbocycles. The third-order valence-electron chi connectivity index (χ3n) is 2.54. The lowest BCUT2D eigenvalue weighted by atomic mass is 9.95. The van der Waals surface area contributed by atoms with Crippen molar-refractivity contribution in [3.63, 3.8) is 0 Å². The molecule has 0 amide bonds. The summed E-state index contributed by atoms with van der Waals surface area (Å²) in [5.41, 5.74) is 6.24. The SMILES string of the molecule is NCCC(O)C(O)c1ccccc1CC(=O)O. The molecular formula is C12H17NO4. The fourth-order valence-corrected chi connectivity index (χ4v) is 1.68. The number of carboxylic acids is 1. The molecule has 17 heavy (non-hydrogen) atoms. The van der Waals surface area contributed by atoms with Gasteiger partial charge >= 0.3 is 5.97 Å². The second kappa shape index (κ2) is 6.34. The summed E-state index contributed by atoms with van der Waals surface area (Å²) in [7, 11) is 0. The summed E-state index contributed by atoms with van der Waals surface area (Å²) in [6, 6.07) is 6.63. The van der Waals surface area contributed by atoms with Crippen LogP contribution in [0.3, 0.4) is 0 Å². The van der Waals surface area contributed by atoms with Gasteiger partial charge in [-0.2, -0.15) is 0 Å². The van der Waals surface area contributed by atoms with Crippen molar-refractivity contribution in [1.29, 1.82) is 0 Å². The molecule has 0 aliphatic carbocycles. The average Bonchev–Trinajstić information content (AvgIpc) is 2.28. The van der Waals surface area contributed by atoms with Crippen molar-refractivity contribution in [2.75, 3.05) is 6.54 Å². The Hall–Kier alpha value is -1.43. The summed E-state index contributed by atoms with van der Waals surface area (Å²) < 4.78 is 0. The van der Waals surface area contributed by atoms with Crippen molar-refractivity contribution < 1.29 is 20.1 Å². The minimum absolute atomic E-state index is 0.178. The normalized spacial score (nSPS) is 14.3. The molecule has 0 saturated carbocycles. The highest BCUT2D eigenvalue weighted by Gasteiger charge is 2.20. The van der Waals surface area contributed by atoms with E-state index in [-0.39, 0.29) is 19.4 Å². The zero-order valence-corrected chi connectivity index (χ0v) is 9.41. The molecular weight excluding hydrogens is 222 g/mol. The number of aliphatic hydroxyl groups is 2. The number of hydrogen-bond acceptors (Lipinski definition) is 4. The average molecular weight is 239 g/mol. The molecule has 1 rings (SSSR count). The highest BCUT2D eigenvalue weighted by atomic mass is 16.4. The van der Waals surface area contributed by atoms with E-state index >= 15 is 0 Å². The van der Waals surface area contributed by atoms with E-state index in [1.54, 1.807) is 24.3 Å². The smallest absolute Gasteiger partial charge is 0.307 e. The molecule has 0 fully saturated rings. The molecule has 0 bridgehead atoms. The molecule has 5 nitrogen and oxygen atoms in total. The van der Waals surface area contributed by atoms with E-state index in [0.717, 1.165) is 0 Å². The van der Waals surface area contributed by atoms with Gasteiger partial charge < -0.3 is 21.1 Å². The maximum atomic E-state index is 10.7. The van der Waals surface area contributed by atoms with E-state index in [0.29, 0.717) is 11.1 Å². The first kappa shape index (κ1) is 13.6. The molecule has 2 atom stereocenters. The number of carboxylic acid groups (broad SMARTS) is 1. The number of benzene rings is 1. The number of carbonyl (C=O) groups is 1. The van der Waals surface area contributed by atoms with E-state index in [9.17, 15) is 15.0 Å². The van der Waals surface area contributed by atoms with E-state index in [1.807, 2.05) is 0 Å². The van der Waals surface area contributed by atoms with Crippen LogP contribution < -0.4 is 5.73 Å². The second-order valence-electron chi connectivity index (χ2n) is 3.86. The van der Waals surface area contributed by atoms with Gasteiger partial charge in [-0.15, -0.1) is 0 Å². The van der Waals surface area contributed by atoms with Crippen LogP contribution in [-0.4, -0.2) is 33.9 Å². The van der Waals surface area contributed by atoms with Gasteiger partial charge in [-0.3, -0.25) is 4.79 Å². The number of aliphatic carboxylic acids is 1. The third-order valence-corrected chi connectivity index (χ3v) is 2.54. The minimum atomic E-state index is -1.10. The van der Waals surface area contributed by atoms with Gasteiger partial charge in [0.15, 0.2) is 0 Å². The van der Waals surface area contributed by atoms with Crippen molar-refractivity contribution in [3.05, 3.63) is 35.4 Å². The van der Waals surface area contributed by atoms with Gasteiger partial charge in [0.05, 0.1) is 12.5 Å². The Kier molecular flexibility index (Phi) is 5.09. The molecule has 94 valence electrons. The Bertz CT molecular complexity index is 381. The van der Waals surface area contributed by atoms with Crippen LogP contribution in [0.15, 0.2) is 24.3 Å². The first-order valence-corrected chi connectivity index (χ1v) is 5.42. The maximum absolute atomic E-state index is 10.7. The molecule has 0 heterocycles. The number of aliphatic hydroxyl groups excluding tert-OH is 2. The van der Waals surface area contributed by atoms with Crippen LogP contribution >= 0.6 is 0 Å². The van der Waals surface area contributed by atoms with Crippen LogP contribution in [0.25, 0.3) is 0 Å². The van der Waals surface area contributed by atoms with Crippen LogP contribution in [0.1, 0.15) is 23.7 Å². The Morgan fingerprint density at radius 3 is 2.53 bits per heavy atom. The zero-order chi connectivity index (χ0) is 12.8. The summed E-state index contributed by atoms with van der Waals surface area (Å²) in [5, 5.41) is 28.3. The highest BCUT2D eigenvalue weighted by Crippen LogP contribution is 2.22. The van der Waals surface area contributed by atoms with Crippen LogP contribution in [0.5, 0.6) is 0 Å². The molecule has 0 aromatic heterocycles. The van der Waals surface area contributed by atoms with Crippen molar-refractivity contribution >= 4 is 5.97 Å². The highest BCUT2D eigenvalue weighted by molar-refractivity contribution is 5.70. The maximum Gasteiger partial charge on any atom is 0.307 e. The van der Waals surface area contributed by atoms with Gasteiger partial charge in [-0.05, 0) is 24.1 Å². The predicted molar refractivity (Wildman–Crippen MR) is 62.4 cm³/mol. The Balaban J connectivity index is 2.91. The van der Waals surface area contributed by atoms with Gasteiger partial charge in [0.2, 0.25) is 0 Å². The van der Waals surface area contributed by atoms with E-state index < -0.39 is 18.2 Å². The Morgan fingerprint density at radius 2 is 1.94 bits per heavy atom. The van der Waals surface area contributed by atoms with Crippen molar-refractivity contribution in [1.82, 2.24) is 0 Å². The summed E-state index contributed by atoms with van der Waals surface area (Å²) >= 11 is 0. The molecule has 2 unspecified atom stereocenters. The summed E-state index contributed by atoms with van der Waals surface area (Å²) in [4.78, 5) is 10.7. The minimum Gasteiger partial charge on any atom is -0.481 e. The lowest BCUT2D eigenvalue weighted by Gasteiger charge is -2.19. The van der Waals surface area contributed by atoms with E-state index in [4.69, 9.17) is 10.8 Å². The Labute approximate surface area is 99.5 Å². The van der Waals surface area contributed by atoms with Crippen LogP contribution in [0.4, 0.5) is 0 Å². The molecule has 0 aliphatic rings. The fraction of sp³-hybridized carbons (Fsp3) is 0.417. The van der Waals surface area contributed by atoms with Gasteiger partial charge in [0, 0.05) is 0 Å². The predicted octanol–water partition coefficient (Wildman–Crippen LogP) is 0.0568. The van der Waals surface area contributed by atoms with Crippen LogP contribution in [0.2, 0.25) is 0 Å². The topological polar surface area (TPSA) is 104 Å². The first-order valence-electron chi connectivity index (χ1n) is 5.42. The summed E-state index contributed by atoms with van der Waals surface area (Å²) in [6.45, 7) is 0.263. The van der Waals surface area contributed by atoms with Crippen LogP contribution in [-0.2, 0) is 11.2 Å². The van der Waals surface area contributed by atoms with Gasteiger partial charge in [-0.25, -0.2) is 0 Å². The molecule has 1 aromatic rings. The number of hydrogen-bond donors (Lipinski definition) is 4. The molecule has 5 heteroatoms. The van der Waals surface area contributed by atoms with Crippen molar-refractivity contribution in [2.45, 2.75) is 25.0 Å². The fourth-order valence-electron chi connectivity index (χ4n) is 1.68. The zero-order valence-electron chi connectivity index (χ0n) is 9.41. The van der Waals surface area contributed by atoms with Crippen molar-refractivity contribution in [3.8, 4) is 0 Å². The van der Waals surface area contributed by atoms with Crippen molar-refractivity contribution in [2.24, 2.45) is 5.73 Å². The molecule has 0 aliphatic heterocycles. The quantitative estimate of drug-likeness (QED) is 0.562. The largest absolute Gasteiger partial charge is 0.481 e. The molecule has 5 N–H and O–H groups in total. The lowest BCUT2D eigenvalue weighted by Crippen LogP contribution is -2.23. The van der Waals surface area contributed by atoms with Gasteiger partial charge in [0.25, 0.3) is 0 Å². The molecule has 0 radical (unpaired) electrons.